The average molecular weight is 264 g/mol. The molecule has 1 aromatic rings. The van der Waals surface area contributed by atoms with E-state index in [2.05, 4.69) is 5.32 Å². The van der Waals surface area contributed by atoms with Gasteiger partial charge in [-0.3, -0.25) is 4.79 Å². The van der Waals surface area contributed by atoms with Crippen LogP contribution in [0.15, 0.2) is 24.3 Å². The monoisotopic (exact) mass is 264 g/mol. The second-order valence-corrected chi connectivity index (χ2v) is 4.86. The normalized spacial score (nSPS) is 22.3. The Morgan fingerprint density at radius 1 is 1.53 bits per heavy atom. The molecule has 2 N–H and O–H groups in total. The van der Waals surface area contributed by atoms with Gasteiger partial charge in [-0.2, -0.15) is 0 Å². The molecule has 5 heteroatoms. The number of nitrogens with one attached hydrogen (secondary N) is 1. The first-order chi connectivity index (χ1) is 9.11. The fraction of sp³-hybridized carbons (Fsp3) is 0.500. The number of β-amino-alcohol motifs (C(OH)–C–C–N with tert-alkyl or cyclic N) is 1. The highest BCUT2D eigenvalue weighted by atomic mass is 16.5. The standard InChI is InChI=1S/C14H20N2O3/c1-16(14(18)12-7-11(17)8-15-12)9-10-5-3-4-6-13(10)19-2/h3-6,11-12,15,17H,7-9H2,1-2H3/t11-,12+/m0/s1. The molecule has 0 aliphatic carbocycles. The third kappa shape index (κ3) is 3.24. The summed E-state index contributed by atoms with van der Waals surface area (Å²) in [4.78, 5) is 13.9. The van der Waals surface area contributed by atoms with Gasteiger partial charge in [0, 0.05) is 25.7 Å². The number of hydrogen-bond donors (Lipinski definition) is 2. The second kappa shape index (κ2) is 6.04. The zero-order chi connectivity index (χ0) is 13.8. The molecule has 1 aromatic carbocycles. The molecule has 0 bridgehead atoms. The van der Waals surface area contributed by atoms with Gasteiger partial charge in [-0.1, -0.05) is 18.2 Å². The number of carbonyl (C=O) groups is 1. The summed E-state index contributed by atoms with van der Waals surface area (Å²) in [6.07, 6.45) is 0.0587. The topological polar surface area (TPSA) is 61.8 Å². The minimum absolute atomic E-state index is 0.00227. The van der Waals surface area contributed by atoms with E-state index in [1.807, 2.05) is 24.3 Å². The fourth-order valence-electron chi connectivity index (χ4n) is 2.34. The average Bonchev–Trinajstić information content (AvgIpc) is 2.85. The van der Waals surface area contributed by atoms with Crippen LogP contribution < -0.4 is 10.1 Å². The number of likely N-dealkylation sites (N-methyl/N-ethyl adjacent to an activating group) is 1. The smallest absolute Gasteiger partial charge is 0.239 e. The van der Waals surface area contributed by atoms with E-state index in [-0.39, 0.29) is 11.9 Å². The van der Waals surface area contributed by atoms with Crippen LogP contribution in [0, 0.1) is 0 Å². The number of aliphatic hydroxyl groups is 1. The van der Waals surface area contributed by atoms with Crippen LogP contribution in [0.25, 0.3) is 0 Å². The van der Waals surface area contributed by atoms with Crippen molar-refractivity contribution in [2.24, 2.45) is 0 Å². The number of rotatable bonds is 4. The van der Waals surface area contributed by atoms with Crippen LogP contribution in [0.2, 0.25) is 0 Å². The molecular weight excluding hydrogens is 244 g/mol. The molecule has 2 rings (SSSR count). The third-order valence-electron chi connectivity index (χ3n) is 3.38. The summed E-state index contributed by atoms with van der Waals surface area (Å²) in [5.74, 6) is 0.782. The lowest BCUT2D eigenvalue weighted by Gasteiger charge is -2.22. The van der Waals surface area contributed by atoms with E-state index in [4.69, 9.17) is 4.74 Å². The lowest BCUT2D eigenvalue weighted by molar-refractivity contribution is -0.132. The Morgan fingerprint density at radius 2 is 2.26 bits per heavy atom. The van der Waals surface area contributed by atoms with Gasteiger partial charge in [0.2, 0.25) is 5.91 Å². The van der Waals surface area contributed by atoms with Crippen molar-refractivity contribution in [2.45, 2.75) is 25.1 Å². The summed E-state index contributed by atoms with van der Waals surface area (Å²) in [7, 11) is 3.39. The van der Waals surface area contributed by atoms with E-state index in [0.29, 0.717) is 19.5 Å². The maximum absolute atomic E-state index is 12.2. The Hall–Kier alpha value is -1.59. The van der Waals surface area contributed by atoms with Crippen molar-refractivity contribution in [3.63, 3.8) is 0 Å². The minimum atomic E-state index is -0.423. The van der Waals surface area contributed by atoms with Crippen LogP contribution in [0.5, 0.6) is 5.75 Å². The van der Waals surface area contributed by atoms with E-state index >= 15 is 0 Å². The molecule has 104 valence electrons. The van der Waals surface area contributed by atoms with Gasteiger partial charge in [0.05, 0.1) is 19.3 Å². The molecule has 0 radical (unpaired) electrons. The van der Waals surface area contributed by atoms with Gasteiger partial charge in [-0.25, -0.2) is 0 Å². The number of carbonyl (C=O) groups excluding carboxylic acids is 1. The molecule has 5 nitrogen and oxygen atoms in total. The van der Waals surface area contributed by atoms with Gasteiger partial charge in [-0.15, -0.1) is 0 Å². The number of hydrogen-bond acceptors (Lipinski definition) is 4. The van der Waals surface area contributed by atoms with Gasteiger partial charge >= 0.3 is 0 Å². The maximum atomic E-state index is 12.2. The molecule has 0 aromatic heterocycles. The number of aliphatic hydroxyl groups excluding tert-OH is 1. The van der Waals surface area contributed by atoms with E-state index in [1.54, 1.807) is 19.1 Å². The highest BCUT2D eigenvalue weighted by Gasteiger charge is 2.30. The molecular formula is C14H20N2O3. The van der Waals surface area contributed by atoms with Gasteiger partial charge in [0.15, 0.2) is 0 Å². The Morgan fingerprint density at radius 3 is 2.89 bits per heavy atom. The third-order valence-corrected chi connectivity index (χ3v) is 3.38. The second-order valence-electron chi connectivity index (χ2n) is 4.86. The minimum Gasteiger partial charge on any atom is -0.496 e. The Labute approximate surface area is 113 Å². The molecule has 1 amide bonds. The van der Waals surface area contributed by atoms with Crippen LogP contribution in [0.3, 0.4) is 0 Å². The Balaban J connectivity index is 2.00. The molecule has 1 fully saturated rings. The van der Waals surface area contributed by atoms with Crippen LogP contribution >= 0.6 is 0 Å². The first-order valence-electron chi connectivity index (χ1n) is 6.40. The maximum Gasteiger partial charge on any atom is 0.239 e. The van der Waals surface area contributed by atoms with E-state index in [1.165, 1.54) is 0 Å². The van der Waals surface area contributed by atoms with Crippen molar-refractivity contribution in [2.75, 3.05) is 20.7 Å². The van der Waals surface area contributed by atoms with Crippen molar-refractivity contribution >= 4 is 5.91 Å². The predicted octanol–water partition coefficient (Wildman–Crippen LogP) is 0.376. The summed E-state index contributed by atoms with van der Waals surface area (Å²) in [5, 5.41) is 12.5. The van der Waals surface area contributed by atoms with Gasteiger partial charge in [0.1, 0.15) is 5.75 Å². The molecule has 1 saturated heterocycles. The van der Waals surface area contributed by atoms with Crippen molar-refractivity contribution in [3.05, 3.63) is 29.8 Å². The molecule has 0 spiro atoms. The molecule has 1 heterocycles. The number of methoxy groups -OCH3 is 1. The summed E-state index contributed by atoms with van der Waals surface area (Å²) in [6, 6.07) is 7.37. The first-order valence-corrected chi connectivity index (χ1v) is 6.40. The van der Waals surface area contributed by atoms with Crippen LogP contribution in [-0.4, -0.2) is 48.8 Å². The lowest BCUT2D eigenvalue weighted by atomic mass is 10.1. The molecule has 0 unspecified atom stereocenters. The molecule has 1 aliphatic rings. The largest absolute Gasteiger partial charge is 0.496 e. The Kier molecular flexibility index (Phi) is 4.39. The predicted molar refractivity (Wildman–Crippen MR) is 71.9 cm³/mol. The van der Waals surface area contributed by atoms with Crippen molar-refractivity contribution < 1.29 is 14.6 Å². The number of nitrogens with zero attached hydrogens (tertiary/aromatic N) is 1. The van der Waals surface area contributed by atoms with Gasteiger partial charge in [0.25, 0.3) is 0 Å². The molecule has 1 aliphatic heterocycles. The van der Waals surface area contributed by atoms with Crippen molar-refractivity contribution in [3.8, 4) is 5.75 Å². The Bertz CT molecular complexity index is 450. The van der Waals surface area contributed by atoms with Crippen molar-refractivity contribution in [1.29, 1.82) is 0 Å². The number of amides is 1. The molecule has 2 atom stereocenters. The number of para-hydroxylation sites is 1. The van der Waals surface area contributed by atoms with Crippen LogP contribution in [0.4, 0.5) is 0 Å². The number of benzene rings is 1. The fourth-order valence-corrected chi connectivity index (χ4v) is 2.34. The van der Waals surface area contributed by atoms with Gasteiger partial charge in [-0.05, 0) is 12.5 Å². The SMILES string of the molecule is COc1ccccc1CN(C)C(=O)[C@H]1C[C@H](O)CN1. The number of ether oxygens (including phenoxy) is 1. The highest BCUT2D eigenvalue weighted by molar-refractivity contribution is 5.82. The first kappa shape index (κ1) is 13.8. The summed E-state index contributed by atoms with van der Waals surface area (Å²) in [5.41, 5.74) is 0.972. The zero-order valence-electron chi connectivity index (χ0n) is 11.3. The van der Waals surface area contributed by atoms with Crippen molar-refractivity contribution in [1.82, 2.24) is 10.2 Å². The quantitative estimate of drug-likeness (QED) is 0.825. The molecule has 0 saturated carbocycles. The van der Waals surface area contributed by atoms with E-state index in [0.717, 1.165) is 11.3 Å². The highest BCUT2D eigenvalue weighted by Crippen LogP contribution is 2.19. The summed E-state index contributed by atoms with van der Waals surface area (Å²) >= 11 is 0. The van der Waals surface area contributed by atoms with Gasteiger partial charge < -0.3 is 20.1 Å². The lowest BCUT2D eigenvalue weighted by Crippen LogP contribution is -2.41. The summed E-state index contributed by atoms with van der Waals surface area (Å²) in [6.45, 7) is 0.982. The van der Waals surface area contributed by atoms with Crippen LogP contribution in [-0.2, 0) is 11.3 Å². The zero-order valence-corrected chi connectivity index (χ0v) is 11.3. The summed E-state index contributed by atoms with van der Waals surface area (Å²) < 4.78 is 5.27. The van der Waals surface area contributed by atoms with E-state index in [9.17, 15) is 9.90 Å². The van der Waals surface area contributed by atoms with Crippen LogP contribution in [0.1, 0.15) is 12.0 Å². The molecule has 19 heavy (non-hydrogen) atoms. The van der Waals surface area contributed by atoms with E-state index < -0.39 is 6.10 Å².